The van der Waals surface area contributed by atoms with E-state index in [-0.39, 0.29) is 6.03 Å². The van der Waals surface area contributed by atoms with Gasteiger partial charge in [0.25, 0.3) is 0 Å². The molecule has 2 heterocycles. The zero-order valence-corrected chi connectivity index (χ0v) is 14.5. The lowest BCUT2D eigenvalue weighted by Crippen LogP contribution is -2.21. The predicted molar refractivity (Wildman–Crippen MR) is 98.0 cm³/mol. The van der Waals surface area contributed by atoms with Crippen LogP contribution in [0.15, 0.2) is 30.3 Å². The second-order valence-electron chi connectivity index (χ2n) is 6.73. The third kappa shape index (κ3) is 2.90. The number of ether oxygens (including phenoxy) is 2. The van der Waals surface area contributed by atoms with Crippen molar-refractivity contribution in [2.45, 2.75) is 32.6 Å². The molecule has 5 nitrogen and oxygen atoms in total. The molecule has 4 rings (SSSR count). The first-order valence-electron chi connectivity index (χ1n) is 8.74. The maximum atomic E-state index is 12.6. The van der Waals surface area contributed by atoms with E-state index in [0.717, 1.165) is 52.4 Å². The fraction of sp³-hybridized carbons (Fsp3) is 0.350. The maximum Gasteiger partial charge on any atom is 0.323 e. The van der Waals surface area contributed by atoms with Crippen molar-refractivity contribution >= 4 is 17.4 Å². The van der Waals surface area contributed by atoms with Crippen LogP contribution < -0.4 is 20.1 Å². The van der Waals surface area contributed by atoms with Gasteiger partial charge in [-0.25, -0.2) is 4.79 Å². The summed E-state index contributed by atoms with van der Waals surface area (Å²) < 4.78 is 11.5. The third-order valence-corrected chi connectivity index (χ3v) is 4.72. The fourth-order valence-corrected chi connectivity index (χ4v) is 3.50. The van der Waals surface area contributed by atoms with Gasteiger partial charge in [-0.05, 0) is 23.6 Å². The number of amides is 2. The molecule has 2 aromatic rings. The summed E-state index contributed by atoms with van der Waals surface area (Å²) in [5.41, 5.74) is 4.81. The molecule has 0 atom stereocenters. The van der Waals surface area contributed by atoms with Crippen molar-refractivity contribution in [2.24, 2.45) is 0 Å². The second-order valence-corrected chi connectivity index (χ2v) is 6.73. The number of nitrogens with one attached hydrogen (secondary N) is 2. The summed E-state index contributed by atoms with van der Waals surface area (Å²) in [6.45, 7) is 5.51. The largest absolute Gasteiger partial charge is 0.493 e. The number of carbonyl (C=O) groups is 1. The van der Waals surface area contributed by atoms with Crippen molar-refractivity contribution in [3.8, 4) is 11.5 Å². The normalized spacial score (nSPS) is 14.5. The summed E-state index contributed by atoms with van der Waals surface area (Å²) in [4.78, 5) is 12.6. The molecule has 2 aliphatic rings. The summed E-state index contributed by atoms with van der Waals surface area (Å²) >= 11 is 0. The Labute approximate surface area is 147 Å². The SMILES string of the molecule is CC(C)c1ccccc1NC(=O)Nc1c2c(cc3c1OCC3)OCC2. The van der Waals surface area contributed by atoms with Crippen LogP contribution in [0.3, 0.4) is 0 Å². The van der Waals surface area contributed by atoms with Crippen LogP contribution >= 0.6 is 0 Å². The topological polar surface area (TPSA) is 59.6 Å². The molecule has 0 unspecified atom stereocenters. The Morgan fingerprint density at radius 3 is 2.72 bits per heavy atom. The molecule has 2 amide bonds. The summed E-state index contributed by atoms with van der Waals surface area (Å²) in [6.07, 6.45) is 1.63. The standard InChI is InChI=1S/C20H22N2O3/c1-12(2)14-5-3-4-6-16(14)21-20(23)22-18-15-8-10-24-17(15)11-13-7-9-25-19(13)18/h3-6,11-12H,7-10H2,1-2H3,(H2,21,22,23). The van der Waals surface area contributed by atoms with Crippen LogP contribution in [0.4, 0.5) is 16.2 Å². The number of urea groups is 1. The first-order valence-corrected chi connectivity index (χ1v) is 8.74. The molecule has 0 radical (unpaired) electrons. The molecule has 0 saturated carbocycles. The number of anilines is 2. The number of fused-ring (bicyclic) bond motifs is 2. The third-order valence-electron chi connectivity index (χ3n) is 4.72. The minimum Gasteiger partial charge on any atom is -0.493 e. The van der Waals surface area contributed by atoms with Crippen LogP contribution in [0, 0.1) is 0 Å². The van der Waals surface area contributed by atoms with Crippen LogP contribution in [-0.4, -0.2) is 19.2 Å². The quantitative estimate of drug-likeness (QED) is 0.876. The molecule has 130 valence electrons. The molecule has 2 N–H and O–H groups in total. The van der Waals surface area contributed by atoms with E-state index < -0.39 is 0 Å². The lowest BCUT2D eigenvalue weighted by atomic mass is 10.0. The predicted octanol–water partition coefficient (Wildman–Crippen LogP) is 4.32. The monoisotopic (exact) mass is 338 g/mol. The Hall–Kier alpha value is -2.69. The highest BCUT2D eigenvalue weighted by Crippen LogP contribution is 2.44. The van der Waals surface area contributed by atoms with Gasteiger partial charge in [0, 0.05) is 29.7 Å². The Balaban J connectivity index is 1.61. The number of para-hydroxylation sites is 1. The minimum absolute atomic E-state index is 0.258. The molecule has 25 heavy (non-hydrogen) atoms. The van der Waals surface area contributed by atoms with E-state index in [9.17, 15) is 4.79 Å². The van der Waals surface area contributed by atoms with Crippen LogP contribution in [0.2, 0.25) is 0 Å². The number of rotatable bonds is 3. The van der Waals surface area contributed by atoms with E-state index >= 15 is 0 Å². The maximum absolute atomic E-state index is 12.6. The van der Waals surface area contributed by atoms with Crippen molar-refractivity contribution in [3.05, 3.63) is 47.0 Å². The van der Waals surface area contributed by atoms with Crippen LogP contribution in [0.25, 0.3) is 0 Å². The second kappa shape index (κ2) is 6.31. The molecule has 0 aliphatic carbocycles. The molecule has 0 bridgehead atoms. The Bertz CT molecular complexity index is 798. The van der Waals surface area contributed by atoms with Crippen LogP contribution in [0.5, 0.6) is 11.5 Å². The first-order chi connectivity index (χ1) is 12.1. The molecule has 5 heteroatoms. The average Bonchev–Trinajstić information content (AvgIpc) is 3.23. The highest BCUT2D eigenvalue weighted by Gasteiger charge is 2.27. The van der Waals surface area contributed by atoms with Crippen LogP contribution in [-0.2, 0) is 12.8 Å². The molecule has 2 aromatic carbocycles. The highest BCUT2D eigenvalue weighted by molar-refractivity contribution is 6.02. The van der Waals surface area contributed by atoms with Gasteiger partial charge >= 0.3 is 6.03 Å². The van der Waals surface area contributed by atoms with Crippen molar-refractivity contribution < 1.29 is 14.3 Å². The molecule has 2 aliphatic heterocycles. The van der Waals surface area contributed by atoms with E-state index in [1.54, 1.807) is 0 Å². The molecule has 0 aromatic heterocycles. The van der Waals surface area contributed by atoms with Gasteiger partial charge in [-0.15, -0.1) is 0 Å². The Morgan fingerprint density at radius 1 is 1.08 bits per heavy atom. The van der Waals surface area contributed by atoms with Crippen molar-refractivity contribution in [3.63, 3.8) is 0 Å². The molecule has 0 fully saturated rings. The van der Waals surface area contributed by atoms with E-state index in [1.807, 2.05) is 30.3 Å². The Kier molecular flexibility index (Phi) is 3.99. The van der Waals surface area contributed by atoms with Gasteiger partial charge in [-0.2, -0.15) is 0 Å². The Morgan fingerprint density at radius 2 is 1.88 bits per heavy atom. The van der Waals surface area contributed by atoms with E-state index in [2.05, 4.69) is 24.5 Å². The smallest absolute Gasteiger partial charge is 0.323 e. The summed E-state index contributed by atoms with van der Waals surface area (Å²) in [5.74, 6) is 1.98. The summed E-state index contributed by atoms with van der Waals surface area (Å²) in [7, 11) is 0. The highest BCUT2D eigenvalue weighted by atomic mass is 16.5. The van der Waals surface area contributed by atoms with Gasteiger partial charge in [0.1, 0.15) is 11.5 Å². The van der Waals surface area contributed by atoms with Gasteiger partial charge in [0.15, 0.2) is 0 Å². The van der Waals surface area contributed by atoms with E-state index in [4.69, 9.17) is 9.47 Å². The van der Waals surface area contributed by atoms with Gasteiger partial charge in [-0.1, -0.05) is 32.0 Å². The molecular weight excluding hydrogens is 316 g/mol. The number of hydrogen-bond acceptors (Lipinski definition) is 3. The number of carbonyl (C=O) groups excluding carboxylic acids is 1. The lowest BCUT2D eigenvalue weighted by Gasteiger charge is -2.17. The summed E-state index contributed by atoms with van der Waals surface area (Å²) in [6, 6.07) is 9.66. The first kappa shape index (κ1) is 15.8. The van der Waals surface area contributed by atoms with E-state index in [1.165, 1.54) is 0 Å². The van der Waals surface area contributed by atoms with Crippen LogP contribution in [0.1, 0.15) is 36.5 Å². The van der Waals surface area contributed by atoms with Gasteiger partial charge in [0.05, 0.1) is 18.9 Å². The lowest BCUT2D eigenvalue weighted by molar-refractivity contribution is 0.262. The number of hydrogen-bond donors (Lipinski definition) is 2. The summed E-state index contributed by atoms with van der Waals surface area (Å²) in [5, 5.41) is 5.98. The minimum atomic E-state index is -0.258. The zero-order valence-electron chi connectivity index (χ0n) is 14.5. The molecule has 0 saturated heterocycles. The van der Waals surface area contributed by atoms with Crippen molar-refractivity contribution in [2.75, 3.05) is 23.8 Å². The van der Waals surface area contributed by atoms with Crippen molar-refractivity contribution in [1.29, 1.82) is 0 Å². The fourth-order valence-electron chi connectivity index (χ4n) is 3.50. The average molecular weight is 338 g/mol. The van der Waals surface area contributed by atoms with Crippen molar-refractivity contribution in [1.82, 2.24) is 0 Å². The molecular formula is C20H22N2O3. The van der Waals surface area contributed by atoms with Gasteiger partial charge < -0.3 is 20.1 Å². The van der Waals surface area contributed by atoms with Gasteiger partial charge in [-0.3, -0.25) is 0 Å². The zero-order chi connectivity index (χ0) is 17.4. The number of benzene rings is 2. The van der Waals surface area contributed by atoms with Gasteiger partial charge in [0.2, 0.25) is 0 Å². The van der Waals surface area contributed by atoms with E-state index in [0.29, 0.717) is 19.1 Å². The molecule has 0 spiro atoms.